The van der Waals surface area contributed by atoms with Crippen LogP contribution in [0.1, 0.15) is 42.9 Å². The number of ether oxygens (including phenoxy) is 1. The lowest BCUT2D eigenvalue weighted by Gasteiger charge is -2.27. The molecule has 0 spiro atoms. The van der Waals surface area contributed by atoms with Gasteiger partial charge in [-0.1, -0.05) is 25.1 Å². The molecule has 6 heteroatoms. The average Bonchev–Trinajstić information content (AvgIpc) is 2.75. The van der Waals surface area contributed by atoms with E-state index in [2.05, 4.69) is 32.8 Å². The molecule has 30 heavy (non-hydrogen) atoms. The lowest BCUT2D eigenvalue weighted by atomic mass is 10.1. The third-order valence-corrected chi connectivity index (χ3v) is 5.36. The van der Waals surface area contributed by atoms with E-state index in [4.69, 9.17) is 4.74 Å². The predicted molar refractivity (Wildman–Crippen MR) is 118 cm³/mol. The molecule has 0 bridgehead atoms. The first-order valence-electron chi connectivity index (χ1n) is 10.7. The number of hydrogen-bond acceptors (Lipinski definition) is 5. The van der Waals surface area contributed by atoms with Crippen LogP contribution >= 0.6 is 0 Å². The van der Waals surface area contributed by atoms with Gasteiger partial charge in [-0.3, -0.25) is 14.7 Å². The van der Waals surface area contributed by atoms with Crippen LogP contribution in [0.25, 0.3) is 11.3 Å². The van der Waals surface area contributed by atoms with E-state index in [9.17, 15) is 4.79 Å². The van der Waals surface area contributed by atoms with E-state index in [0.717, 1.165) is 72.0 Å². The van der Waals surface area contributed by atoms with E-state index in [1.54, 1.807) is 0 Å². The zero-order valence-electron chi connectivity index (χ0n) is 17.6. The Morgan fingerprint density at radius 3 is 2.87 bits per heavy atom. The molecule has 0 unspecified atom stereocenters. The predicted octanol–water partition coefficient (Wildman–Crippen LogP) is 3.74. The number of nitrogens with one attached hydrogen (secondary N) is 1. The van der Waals surface area contributed by atoms with Gasteiger partial charge in [0, 0.05) is 44.2 Å². The summed E-state index contributed by atoms with van der Waals surface area (Å²) in [5.41, 5.74) is 4.87. The van der Waals surface area contributed by atoms with Crippen LogP contribution in [0.15, 0.2) is 47.4 Å². The van der Waals surface area contributed by atoms with Crippen LogP contribution in [0.2, 0.25) is 0 Å². The molecule has 1 N–H and O–H groups in total. The van der Waals surface area contributed by atoms with E-state index < -0.39 is 0 Å². The Kier molecular flexibility index (Phi) is 6.23. The second-order valence-corrected chi connectivity index (χ2v) is 7.66. The maximum Gasteiger partial charge on any atom is 0.255 e. The fraction of sp³-hybridized carbons (Fsp3) is 0.375. The summed E-state index contributed by atoms with van der Waals surface area (Å²) in [6.07, 6.45) is 4.53. The van der Waals surface area contributed by atoms with Crippen molar-refractivity contribution >= 4 is 0 Å². The molecule has 1 aliphatic rings. The normalized spacial score (nSPS) is 13.8. The molecule has 3 heterocycles. The molecule has 0 saturated carbocycles. The number of aromatic amines is 1. The van der Waals surface area contributed by atoms with Gasteiger partial charge in [0.25, 0.3) is 5.56 Å². The van der Waals surface area contributed by atoms with Gasteiger partial charge in [-0.15, -0.1) is 0 Å². The maximum atomic E-state index is 12.5. The summed E-state index contributed by atoms with van der Waals surface area (Å²) in [5, 5.41) is 0. The van der Waals surface area contributed by atoms with E-state index in [0.29, 0.717) is 13.2 Å². The zero-order valence-corrected chi connectivity index (χ0v) is 17.6. The number of hydrogen-bond donors (Lipinski definition) is 1. The number of aromatic nitrogens is 3. The second-order valence-electron chi connectivity index (χ2n) is 7.66. The van der Waals surface area contributed by atoms with E-state index in [1.165, 1.54) is 0 Å². The molecular weight excluding hydrogens is 376 g/mol. The third-order valence-electron chi connectivity index (χ3n) is 5.36. The SMILES string of the molecule is CCCc1nc2c(c(=O)[nH]1)CN(Cc1ccc(-c3cccc(OCC)c3)nc1)CC2. The highest BCUT2D eigenvalue weighted by Gasteiger charge is 2.21. The highest BCUT2D eigenvalue weighted by molar-refractivity contribution is 5.61. The molecule has 2 aromatic heterocycles. The first kappa shape index (κ1) is 20.3. The van der Waals surface area contributed by atoms with Crippen molar-refractivity contribution in [3.8, 4) is 17.0 Å². The molecule has 0 atom stereocenters. The molecule has 0 amide bonds. The number of H-pyrrole nitrogens is 1. The Bertz CT molecular complexity index is 1060. The Morgan fingerprint density at radius 2 is 2.10 bits per heavy atom. The van der Waals surface area contributed by atoms with Crippen LogP contribution in [-0.2, 0) is 25.9 Å². The maximum absolute atomic E-state index is 12.5. The lowest BCUT2D eigenvalue weighted by molar-refractivity contribution is 0.241. The summed E-state index contributed by atoms with van der Waals surface area (Å²) >= 11 is 0. The highest BCUT2D eigenvalue weighted by Crippen LogP contribution is 2.23. The van der Waals surface area contributed by atoms with Gasteiger partial charge in [0.1, 0.15) is 11.6 Å². The molecule has 0 aliphatic carbocycles. The van der Waals surface area contributed by atoms with Crippen LogP contribution < -0.4 is 10.3 Å². The van der Waals surface area contributed by atoms with Gasteiger partial charge in [-0.2, -0.15) is 0 Å². The number of benzene rings is 1. The summed E-state index contributed by atoms with van der Waals surface area (Å²) in [4.78, 5) is 27.0. The molecule has 1 aliphatic heterocycles. The van der Waals surface area contributed by atoms with E-state index >= 15 is 0 Å². The number of nitrogens with zero attached hydrogens (tertiary/aromatic N) is 3. The third kappa shape index (κ3) is 4.60. The van der Waals surface area contributed by atoms with E-state index in [-0.39, 0.29) is 5.56 Å². The van der Waals surface area contributed by atoms with Gasteiger partial charge in [0.2, 0.25) is 0 Å². The summed E-state index contributed by atoms with van der Waals surface area (Å²) in [5.74, 6) is 1.66. The molecule has 3 aromatic rings. The fourth-order valence-electron chi connectivity index (χ4n) is 3.88. The van der Waals surface area contributed by atoms with Crippen molar-refractivity contribution in [2.24, 2.45) is 0 Å². The standard InChI is InChI=1S/C24H28N4O2/c1-3-6-23-26-22-11-12-28(16-20(22)24(29)27-23)15-17-9-10-21(25-14-17)18-7-5-8-19(13-18)30-4-2/h5,7-10,13-14H,3-4,6,11-12,15-16H2,1-2H3,(H,26,27,29). The van der Waals surface area contributed by atoms with Gasteiger partial charge >= 0.3 is 0 Å². The van der Waals surface area contributed by atoms with Gasteiger partial charge < -0.3 is 9.72 Å². The molecule has 0 fully saturated rings. The summed E-state index contributed by atoms with van der Waals surface area (Å²) in [7, 11) is 0. The van der Waals surface area contributed by atoms with Gasteiger partial charge in [0.05, 0.1) is 23.6 Å². The average molecular weight is 405 g/mol. The van der Waals surface area contributed by atoms with Gasteiger partial charge in [0.15, 0.2) is 0 Å². The van der Waals surface area contributed by atoms with Crippen molar-refractivity contribution in [1.29, 1.82) is 0 Å². The number of pyridine rings is 1. The van der Waals surface area contributed by atoms with Crippen molar-refractivity contribution in [3.63, 3.8) is 0 Å². The summed E-state index contributed by atoms with van der Waals surface area (Å²) in [6.45, 7) is 7.01. The molecule has 0 radical (unpaired) electrons. The quantitative estimate of drug-likeness (QED) is 0.650. The minimum atomic E-state index is 0.0100. The second kappa shape index (κ2) is 9.22. The summed E-state index contributed by atoms with van der Waals surface area (Å²) < 4.78 is 5.58. The Labute approximate surface area is 177 Å². The molecule has 6 nitrogen and oxygen atoms in total. The van der Waals surface area contributed by atoms with Crippen LogP contribution in [0.3, 0.4) is 0 Å². The van der Waals surface area contributed by atoms with Gasteiger partial charge in [-0.05, 0) is 37.1 Å². The molecule has 156 valence electrons. The van der Waals surface area contributed by atoms with E-state index in [1.807, 2.05) is 43.5 Å². The van der Waals surface area contributed by atoms with Crippen molar-refractivity contribution in [2.45, 2.75) is 46.2 Å². The summed E-state index contributed by atoms with van der Waals surface area (Å²) in [6, 6.07) is 12.1. The van der Waals surface area contributed by atoms with Crippen LogP contribution in [0, 0.1) is 0 Å². The fourth-order valence-corrected chi connectivity index (χ4v) is 3.88. The smallest absolute Gasteiger partial charge is 0.255 e. The number of fused-ring (bicyclic) bond motifs is 1. The van der Waals surface area contributed by atoms with Gasteiger partial charge in [-0.25, -0.2) is 4.98 Å². The van der Waals surface area contributed by atoms with Crippen LogP contribution in [0.5, 0.6) is 5.75 Å². The minimum Gasteiger partial charge on any atom is -0.494 e. The number of aryl methyl sites for hydroxylation is 1. The lowest BCUT2D eigenvalue weighted by Crippen LogP contribution is -2.35. The van der Waals surface area contributed by atoms with Crippen LogP contribution in [-0.4, -0.2) is 33.0 Å². The van der Waals surface area contributed by atoms with Crippen LogP contribution in [0.4, 0.5) is 0 Å². The van der Waals surface area contributed by atoms with Crippen molar-refractivity contribution in [2.75, 3.05) is 13.2 Å². The molecule has 0 saturated heterocycles. The molecular formula is C24H28N4O2. The highest BCUT2D eigenvalue weighted by atomic mass is 16.5. The van der Waals surface area contributed by atoms with Crippen molar-refractivity contribution in [3.05, 3.63) is 75.6 Å². The van der Waals surface area contributed by atoms with Crippen molar-refractivity contribution in [1.82, 2.24) is 19.9 Å². The largest absolute Gasteiger partial charge is 0.494 e. The zero-order chi connectivity index (χ0) is 20.9. The first-order chi connectivity index (χ1) is 14.7. The minimum absolute atomic E-state index is 0.0100. The monoisotopic (exact) mass is 404 g/mol. The molecule has 1 aromatic carbocycles. The number of rotatable bonds is 7. The Morgan fingerprint density at radius 1 is 1.20 bits per heavy atom. The Hall–Kier alpha value is -2.99. The topological polar surface area (TPSA) is 71.1 Å². The Balaban J connectivity index is 1.44. The van der Waals surface area contributed by atoms with Crippen molar-refractivity contribution < 1.29 is 4.74 Å². The first-order valence-corrected chi connectivity index (χ1v) is 10.7. The molecule has 4 rings (SSSR count).